The van der Waals surface area contributed by atoms with Gasteiger partial charge < -0.3 is 4.74 Å². The van der Waals surface area contributed by atoms with Crippen molar-refractivity contribution >= 4 is 40.3 Å². The van der Waals surface area contributed by atoms with Crippen LogP contribution in [0.1, 0.15) is 32.7 Å². The first kappa shape index (κ1) is 19.2. The van der Waals surface area contributed by atoms with Crippen LogP contribution < -0.4 is 5.56 Å². The maximum absolute atomic E-state index is 12.8. The molecule has 3 aromatic rings. The molecule has 1 aliphatic rings. The van der Waals surface area contributed by atoms with Crippen LogP contribution in [0.15, 0.2) is 57.1 Å². The van der Waals surface area contributed by atoms with Crippen molar-refractivity contribution in [2.75, 3.05) is 6.61 Å². The molecule has 29 heavy (non-hydrogen) atoms. The van der Waals surface area contributed by atoms with Gasteiger partial charge in [-0.05, 0) is 29.0 Å². The predicted octanol–water partition coefficient (Wildman–Crippen LogP) is 2.44. The third kappa shape index (κ3) is 4.03. The van der Waals surface area contributed by atoms with Crippen LogP contribution in [-0.2, 0) is 16.6 Å². The van der Waals surface area contributed by atoms with Gasteiger partial charge in [-0.2, -0.15) is 10.2 Å². The summed E-state index contributed by atoms with van der Waals surface area (Å²) in [5.74, 6) is -1.20. The second-order valence-corrected chi connectivity index (χ2v) is 8.18. The summed E-state index contributed by atoms with van der Waals surface area (Å²) >= 11 is 3.12. The molecule has 1 unspecified atom stereocenters. The van der Waals surface area contributed by atoms with E-state index in [2.05, 4.69) is 10.2 Å². The van der Waals surface area contributed by atoms with E-state index in [1.54, 1.807) is 22.7 Å². The van der Waals surface area contributed by atoms with Gasteiger partial charge in [-0.3, -0.25) is 9.59 Å². The molecule has 0 radical (unpaired) electrons. The van der Waals surface area contributed by atoms with E-state index in [-0.39, 0.29) is 17.3 Å². The van der Waals surface area contributed by atoms with Gasteiger partial charge >= 0.3 is 5.97 Å². The Morgan fingerprint density at radius 3 is 2.66 bits per heavy atom. The summed E-state index contributed by atoms with van der Waals surface area (Å²) in [5, 5.41) is 13.6. The molecule has 0 aliphatic carbocycles. The Balaban J connectivity index is 1.49. The number of hydrazone groups is 1. The fourth-order valence-electron chi connectivity index (χ4n) is 2.91. The molecule has 0 spiro atoms. The third-order valence-electron chi connectivity index (χ3n) is 4.34. The molecule has 4 heterocycles. The van der Waals surface area contributed by atoms with Gasteiger partial charge in [-0.1, -0.05) is 12.1 Å². The van der Waals surface area contributed by atoms with Crippen molar-refractivity contribution < 1.29 is 14.3 Å². The fraction of sp³-hybridized carbons (Fsp3) is 0.211. The number of aromatic nitrogens is 2. The Bertz CT molecular complexity index is 1120. The second-order valence-electron chi connectivity index (χ2n) is 6.25. The lowest BCUT2D eigenvalue weighted by Gasteiger charge is -2.20. The van der Waals surface area contributed by atoms with Gasteiger partial charge in [-0.15, -0.1) is 22.7 Å². The molecular formula is C19H16N4O4S2. The van der Waals surface area contributed by atoms with Gasteiger partial charge in [0.15, 0.2) is 12.3 Å². The number of esters is 1. The van der Waals surface area contributed by atoms with Crippen molar-refractivity contribution in [3.8, 4) is 0 Å². The van der Waals surface area contributed by atoms with Gasteiger partial charge in [0.1, 0.15) is 0 Å². The Hall–Kier alpha value is -3.11. The molecule has 10 heteroatoms. The van der Waals surface area contributed by atoms with Crippen LogP contribution in [-0.4, -0.2) is 39.0 Å². The molecule has 0 fully saturated rings. The zero-order chi connectivity index (χ0) is 20.4. The zero-order valence-corrected chi connectivity index (χ0v) is 17.0. The molecule has 0 saturated heterocycles. The van der Waals surface area contributed by atoms with Crippen LogP contribution in [0.4, 0.5) is 0 Å². The first-order valence-electron chi connectivity index (χ1n) is 8.71. The minimum absolute atomic E-state index is 0.0427. The monoisotopic (exact) mass is 428 g/mol. The van der Waals surface area contributed by atoms with Gasteiger partial charge in [-0.25, -0.2) is 14.5 Å². The van der Waals surface area contributed by atoms with Crippen LogP contribution in [0.2, 0.25) is 0 Å². The number of amides is 1. The molecular weight excluding hydrogens is 412 g/mol. The van der Waals surface area contributed by atoms with Gasteiger partial charge in [0, 0.05) is 24.4 Å². The molecule has 0 bridgehead atoms. The SMILES string of the molecule is Cn1nc(C(=O)OCC(=O)N2N=C(c3cccs3)CC2c2cccs2)ccc1=O. The van der Waals surface area contributed by atoms with Crippen molar-refractivity contribution in [2.24, 2.45) is 12.1 Å². The van der Waals surface area contributed by atoms with Crippen molar-refractivity contribution in [3.63, 3.8) is 0 Å². The molecule has 1 aliphatic heterocycles. The number of thiophene rings is 2. The topological polar surface area (TPSA) is 93.9 Å². The normalized spacial score (nSPS) is 16.0. The highest BCUT2D eigenvalue weighted by Gasteiger charge is 2.34. The van der Waals surface area contributed by atoms with E-state index in [0.29, 0.717) is 6.42 Å². The largest absolute Gasteiger partial charge is 0.451 e. The highest BCUT2D eigenvalue weighted by molar-refractivity contribution is 7.12. The summed E-state index contributed by atoms with van der Waals surface area (Å²) in [6, 6.07) is 10.1. The molecule has 0 saturated carbocycles. The van der Waals surface area contributed by atoms with E-state index >= 15 is 0 Å². The van der Waals surface area contributed by atoms with Crippen molar-refractivity contribution in [1.29, 1.82) is 0 Å². The Kier molecular flexibility index (Phi) is 5.36. The number of hydrogen-bond acceptors (Lipinski definition) is 8. The molecule has 8 nitrogen and oxygen atoms in total. The number of nitrogens with zero attached hydrogens (tertiary/aromatic N) is 4. The van der Waals surface area contributed by atoms with Crippen molar-refractivity contribution in [1.82, 2.24) is 14.8 Å². The summed E-state index contributed by atoms with van der Waals surface area (Å²) < 4.78 is 6.15. The van der Waals surface area contributed by atoms with Crippen LogP contribution >= 0.6 is 22.7 Å². The van der Waals surface area contributed by atoms with Gasteiger partial charge in [0.25, 0.3) is 11.5 Å². The highest BCUT2D eigenvalue weighted by atomic mass is 32.1. The molecule has 1 amide bonds. The maximum Gasteiger partial charge on any atom is 0.359 e. The minimum atomic E-state index is -0.775. The van der Waals surface area contributed by atoms with Crippen LogP contribution in [0.3, 0.4) is 0 Å². The Labute approximate surface area is 173 Å². The lowest BCUT2D eigenvalue weighted by molar-refractivity contribution is -0.136. The van der Waals surface area contributed by atoms with Crippen molar-refractivity contribution in [3.05, 3.63) is 73.0 Å². The Morgan fingerprint density at radius 2 is 1.97 bits per heavy atom. The van der Waals surface area contributed by atoms with E-state index in [4.69, 9.17) is 4.74 Å². The maximum atomic E-state index is 12.8. The average Bonchev–Trinajstić information content (AvgIpc) is 3.48. The summed E-state index contributed by atoms with van der Waals surface area (Å²) in [6.07, 6.45) is 0.600. The molecule has 0 N–H and O–H groups in total. The summed E-state index contributed by atoms with van der Waals surface area (Å²) in [5.41, 5.74) is 0.445. The number of hydrogen-bond donors (Lipinski definition) is 0. The lowest BCUT2D eigenvalue weighted by atomic mass is 10.1. The van der Waals surface area contributed by atoms with E-state index < -0.39 is 18.5 Å². The summed E-state index contributed by atoms with van der Waals surface area (Å²) in [4.78, 5) is 38.4. The number of carbonyl (C=O) groups is 2. The van der Waals surface area contributed by atoms with Crippen LogP contribution in [0.25, 0.3) is 0 Å². The lowest BCUT2D eigenvalue weighted by Crippen LogP contribution is -2.31. The van der Waals surface area contributed by atoms with Crippen LogP contribution in [0.5, 0.6) is 0 Å². The van der Waals surface area contributed by atoms with E-state index in [9.17, 15) is 14.4 Å². The highest BCUT2D eigenvalue weighted by Crippen LogP contribution is 2.35. The second kappa shape index (κ2) is 8.10. The van der Waals surface area contributed by atoms with E-state index in [0.717, 1.165) is 20.1 Å². The summed E-state index contributed by atoms with van der Waals surface area (Å²) in [6.45, 7) is -0.466. The first-order chi connectivity index (χ1) is 14.0. The molecule has 4 rings (SSSR count). The molecule has 0 aromatic carbocycles. The van der Waals surface area contributed by atoms with Crippen LogP contribution in [0, 0.1) is 0 Å². The smallest absolute Gasteiger partial charge is 0.359 e. The quantitative estimate of drug-likeness (QED) is 0.582. The Morgan fingerprint density at radius 1 is 1.17 bits per heavy atom. The standard InChI is InChI=1S/C19H16N4O4S2/c1-22-17(24)7-6-12(20-22)19(26)27-11-18(25)23-14(16-5-3-9-29-16)10-13(21-23)15-4-2-8-28-15/h2-9,14H,10-11H2,1H3. The number of aryl methyl sites for hydroxylation is 1. The van der Waals surface area contributed by atoms with Gasteiger partial charge in [0.2, 0.25) is 0 Å². The predicted molar refractivity (Wildman–Crippen MR) is 109 cm³/mol. The fourth-order valence-corrected chi connectivity index (χ4v) is 4.45. The van der Waals surface area contributed by atoms with E-state index in [1.807, 2.05) is 35.0 Å². The van der Waals surface area contributed by atoms with Crippen molar-refractivity contribution in [2.45, 2.75) is 12.5 Å². The third-order valence-corrected chi connectivity index (χ3v) is 6.23. The zero-order valence-electron chi connectivity index (χ0n) is 15.3. The van der Waals surface area contributed by atoms with Gasteiger partial charge in [0.05, 0.1) is 16.6 Å². The average molecular weight is 428 g/mol. The summed E-state index contributed by atoms with van der Waals surface area (Å²) in [7, 11) is 1.43. The minimum Gasteiger partial charge on any atom is -0.451 e. The number of rotatable bonds is 5. The number of ether oxygens (including phenoxy) is 1. The molecule has 3 aromatic heterocycles. The molecule has 148 valence electrons. The van der Waals surface area contributed by atoms with E-state index in [1.165, 1.54) is 24.2 Å². The molecule has 1 atom stereocenters. The number of carbonyl (C=O) groups excluding carboxylic acids is 2. The first-order valence-corrected chi connectivity index (χ1v) is 10.5.